The van der Waals surface area contributed by atoms with Gasteiger partial charge in [0.25, 0.3) is 0 Å². The number of hydrogen-bond donors (Lipinski definition) is 1. The number of halogens is 1. The molecule has 0 saturated carbocycles. The van der Waals surface area contributed by atoms with Gasteiger partial charge in [0, 0.05) is 17.2 Å². The number of rotatable bonds is 1. The largest absolute Gasteiger partial charge is 0.315 e. The zero-order valence-electron chi connectivity index (χ0n) is 6.61. The Bertz CT molecular complexity index is 140. The lowest BCUT2D eigenvalue weighted by molar-refractivity contribution is 0.306. The van der Waals surface area contributed by atoms with Crippen molar-refractivity contribution < 1.29 is 4.39 Å². The van der Waals surface area contributed by atoms with E-state index in [0.717, 1.165) is 25.3 Å². The SMILES string of the molecule is FCC1CCSC12CCNC2. The van der Waals surface area contributed by atoms with E-state index in [1.807, 2.05) is 11.8 Å². The Kier molecular flexibility index (Phi) is 2.10. The van der Waals surface area contributed by atoms with E-state index >= 15 is 0 Å². The number of thioether (sulfide) groups is 1. The minimum absolute atomic E-state index is 0.116. The highest BCUT2D eigenvalue weighted by atomic mass is 32.2. The molecule has 0 amide bonds. The summed E-state index contributed by atoms with van der Waals surface area (Å²) in [5.74, 6) is 1.50. The van der Waals surface area contributed by atoms with Gasteiger partial charge in [0.2, 0.25) is 0 Å². The molecule has 2 saturated heterocycles. The summed E-state index contributed by atoms with van der Waals surface area (Å²) in [6.07, 6.45) is 2.26. The lowest BCUT2D eigenvalue weighted by Crippen LogP contribution is -2.33. The molecule has 0 aromatic heterocycles. The lowest BCUT2D eigenvalue weighted by Gasteiger charge is -2.26. The Morgan fingerprint density at radius 2 is 2.55 bits per heavy atom. The third kappa shape index (κ3) is 1.18. The van der Waals surface area contributed by atoms with Gasteiger partial charge in [-0.05, 0) is 25.1 Å². The first-order valence-electron chi connectivity index (χ1n) is 4.28. The first-order chi connectivity index (χ1) is 5.37. The molecule has 1 N–H and O–H groups in total. The smallest absolute Gasteiger partial charge is 0.0936 e. The molecule has 0 aromatic rings. The fourth-order valence-electron chi connectivity index (χ4n) is 2.16. The summed E-state index contributed by atoms with van der Waals surface area (Å²) in [5.41, 5.74) is 0. The van der Waals surface area contributed by atoms with Crippen molar-refractivity contribution in [3.63, 3.8) is 0 Å². The zero-order chi connectivity index (χ0) is 7.73. The van der Waals surface area contributed by atoms with Crippen LogP contribution in [0.1, 0.15) is 12.8 Å². The van der Waals surface area contributed by atoms with E-state index in [2.05, 4.69) is 5.32 Å². The van der Waals surface area contributed by atoms with Crippen molar-refractivity contribution in [2.45, 2.75) is 17.6 Å². The monoisotopic (exact) mass is 175 g/mol. The molecule has 0 radical (unpaired) electrons. The molecule has 2 aliphatic rings. The molecule has 2 aliphatic heterocycles. The molecule has 1 nitrogen and oxygen atoms in total. The van der Waals surface area contributed by atoms with E-state index in [1.165, 1.54) is 6.42 Å². The van der Waals surface area contributed by atoms with Crippen molar-refractivity contribution in [2.24, 2.45) is 5.92 Å². The number of alkyl halides is 1. The molecule has 2 heterocycles. The van der Waals surface area contributed by atoms with Gasteiger partial charge in [-0.25, -0.2) is 0 Å². The maximum absolute atomic E-state index is 12.6. The van der Waals surface area contributed by atoms with E-state index in [0.29, 0.717) is 5.92 Å². The highest BCUT2D eigenvalue weighted by molar-refractivity contribution is 8.01. The highest BCUT2D eigenvalue weighted by Crippen LogP contribution is 2.46. The van der Waals surface area contributed by atoms with Gasteiger partial charge in [-0.2, -0.15) is 11.8 Å². The topological polar surface area (TPSA) is 12.0 Å². The van der Waals surface area contributed by atoms with Crippen LogP contribution in [0, 0.1) is 5.92 Å². The van der Waals surface area contributed by atoms with Crippen LogP contribution < -0.4 is 5.32 Å². The fourth-order valence-corrected chi connectivity index (χ4v) is 3.84. The van der Waals surface area contributed by atoms with Crippen LogP contribution in [0.3, 0.4) is 0 Å². The number of nitrogens with one attached hydrogen (secondary N) is 1. The second-order valence-electron chi connectivity index (χ2n) is 3.48. The third-order valence-corrected chi connectivity index (χ3v) is 4.63. The predicted molar refractivity (Wildman–Crippen MR) is 46.8 cm³/mol. The second kappa shape index (κ2) is 2.94. The summed E-state index contributed by atoms with van der Waals surface area (Å²) in [6, 6.07) is 0. The van der Waals surface area contributed by atoms with Crippen LogP contribution in [-0.2, 0) is 0 Å². The third-order valence-electron chi connectivity index (χ3n) is 2.94. The van der Waals surface area contributed by atoms with Crippen LogP contribution in [0.15, 0.2) is 0 Å². The second-order valence-corrected chi connectivity index (χ2v) is 4.99. The van der Waals surface area contributed by atoms with Gasteiger partial charge in [-0.1, -0.05) is 0 Å². The Morgan fingerprint density at radius 3 is 3.18 bits per heavy atom. The first-order valence-corrected chi connectivity index (χ1v) is 5.27. The van der Waals surface area contributed by atoms with E-state index in [-0.39, 0.29) is 11.4 Å². The molecule has 2 atom stereocenters. The highest BCUT2D eigenvalue weighted by Gasteiger charge is 2.45. The standard InChI is InChI=1S/C8H14FNS/c9-5-7-1-4-11-8(7)2-3-10-6-8/h7,10H,1-6H2. The van der Waals surface area contributed by atoms with Crippen LogP contribution in [0.4, 0.5) is 4.39 Å². The van der Waals surface area contributed by atoms with Gasteiger partial charge in [-0.3, -0.25) is 4.39 Å². The maximum atomic E-state index is 12.6. The maximum Gasteiger partial charge on any atom is 0.0936 e. The molecular formula is C8H14FNS. The molecule has 2 unspecified atom stereocenters. The van der Waals surface area contributed by atoms with Gasteiger partial charge in [0.05, 0.1) is 6.67 Å². The van der Waals surface area contributed by atoms with E-state index in [1.54, 1.807) is 0 Å². The van der Waals surface area contributed by atoms with Crippen molar-refractivity contribution in [1.29, 1.82) is 0 Å². The summed E-state index contributed by atoms with van der Waals surface area (Å²) in [5, 5.41) is 3.33. The van der Waals surface area contributed by atoms with Gasteiger partial charge >= 0.3 is 0 Å². The van der Waals surface area contributed by atoms with Crippen molar-refractivity contribution in [3.8, 4) is 0 Å². The molecule has 2 fully saturated rings. The van der Waals surface area contributed by atoms with Crippen LogP contribution >= 0.6 is 11.8 Å². The number of hydrogen-bond acceptors (Lipinski definition) is 2. The molecular weight excluding hydrogens is 161 g/mol. The van der Waals surface area contributed by atoms with E-state index in [9.17, 15) is 4.39 Å². The summed E-state index contributed by atoms with van der Waals surface area (Å²) >= 11 is 1.98. The average molecular weight is 175 g/mol. The van der Waals surface area contributed by atoms with Gasteiger partial charge < -0.3 is 5.32 Å². The zero-order valence-corrected chi connectivity index (χ0v) is 7.42. The van der Waals surface area contributed by atoms with E-state index < -0.39 is 0 Å². The Hall–Kier alpha value is 0.240. The minimum Gasteiger partial charge on any atom is -0.315 e. The average Bonchev–Trinajstić information content (AvgIpc) is 2.62. The minimum atomic E-state index is -0.116. The normalized spacial score (nSPS) is 43.9. The van der Waals surface area contributed by atoms with Crippen LogP contribution in [0.2, 0.25) is 0 Å². The van der Waals surface area contributed by atoms with Crippen LogP contribution in [0.5, 0.6) is 0 Å². The first kappa shape index (κ1) is 7.87. The van der Waals surface area contributed by atoms with Crippen molar-refractivity contribution >= 4 is 11.8 Å². The van der Waals surface area contributed by atoms with Crippen LogP contribution in [-0.4, -0.2) is 30.3 Å². The Labute approximate surface area is 71.1 Å². The predicted octanol–water partition coefficient (Wildman–Crippen LogP) is 1.44. The van der Waals surface area contributed by atoms with Crippen molar-refractivity contribution in [3.05, 3.63) is 0 Å². The van der Waals surface area contributed by atoms with Crippen molar-refractivity contribution in [2.75, 3.05) is 25.5 Å². The van der Waals surface area contributed by atoms with Gasteiger partial charge in [0.15, 0.2) is 0 Å². The molecule has 2 rings (SSSR count). The molecule has 64 valence electrons. The summed E-state index contributed by atoms with van der Waals surface area (Å²) in [7, 11) is 0. The van der Waals surface area contributed by atoms with Gasteiger partial charge in [-0.15, -0.1) is 0 Å². The lowest BCUT2D eigenvalue weighted by atomic mass is 9.90. The Morgan fingerprint density at radius 1 is 1.64 bits per heavy atom. The van der Waals surface area contributed by atoms with Gasteiger partial charge in [0.1, 0.15) is 0 Å². The van der Waals surface area contributed by atoms with E-state index in [4.69, 9.17) is 0 Å². The van der Waals surface area contributed by atoms with Crippen molar-refractivity contribution in [1.82, 2.24) is 5.32 Å². The molecule has 11 heavy (non-hydrogen) atoms. The van der Waals surface area contributed by atoms with Crippen LogP contribution in [0.25, 0.3) is 0 Å². The quantitative estimate of drug-likeness (QED) is 0.647. The summed E-state index contributed by atoms with van der Waals surface area (Å²) < 4.78 is 12.8. The molecule has 0 bridgehead atoms. The molecule has 0 aromatic carbocycles. The summed E-state index contributed by atoms with van der Waals surface area (Å²) in [4.78, 5) is 0. The Balaban J connectivity index is 2.09. The molecule has 0 aliphatic carbocycles. The summed E-state index contributed by atoms with van der Waals surface area (Å²) in [6.45, 7) is 2.00. The fraction of sp³-hybridized carbons (Fsp3) is 1.00. The molecule has 1 spiro atoms. The molecule has 3 heteroatoms.